The van der Waals surface area contributed by atoms with Crippen LogP contribution in [0.15, 0.2) is 23.3 Å². The van der Waals surface area contributed by atoms with E-state index >= 15 is 0 Å². The average Bonchev–Trinajstić information content (AvgIpc) is 2.23. The van der Waals surface area contributed by atoms with Crippen LogP contribution in [-0.4, -0.2) is 17.1 Å². The number of benzene rings is 1. The number of hydrazone groups is 1. The summed E-state index contributed by atoms with van der Waals surface area (Å²) in [5, 5.41) is 7.10. The Balaban J connectivity index is 2.81. The van der Waals surface area contributed by atoms with Gasteiger partial charge in [0.2, 0.25) is 11.4 Å². The van der Waals surface area contributed by atoms with Gasteiger partial charge in [-0.1, -0.05) is 36.4 Å². The molecule has 1 aromatic rings. The largest absolute Gasteiger partial charge is 0.373 e. The maximum absolute atomic E-state index is 13.3. The number of nitrogens with two attached hydrogens (primary N) is 1. The first-order valence-electron chi connectivity index (χ1n) is 4.64. The van der Waals surface area contributed by atoms with Crippen LogP contribution >= 0.6 is 23.4 Å². The summed E-state index contributed by atoms with van der Waals surface area (Å²) in [4.78, 5) is 0. The van der Waals surface area contributed by atoms with Gasteiger partial charge >= 0.3 is 0 Å². The van der Waals surface area contributed by atoms with Crippen LogP contribution in [0.2, 0.25) is 5.02 Å². The lowest BCUT2D eigenvalue weighted by Gasteiger charge is -1.94. The monoisotopic (exact) mass is 260 g/mol. The summed E-state index contributed by atoms with van der Waals surface area (Å²) in [7, 11) is 0. The minimum Gasteiger partial charge on any atom is -0.373 e. The lowest BCUT2D eigenvalue weighted by molar-refractivity contribution is -0.456. The van der Waals surface area contributed by atoms with E-state index in [9.17, 15) is 4.39 Å². The van der Waals surface area contributed by atoms with Crippen molar-refractivity contribution in [3.8, 4) is 0 Å². The zero-order chi connectivity index (χ0) is 12.0. The van der Waals surface area contributed by atoms with Gasteiger partial charge in [-0.05, 0) is 17.9 Å². The molecular formula is C10H12ClFN3S+. The molecule has 0 atom stereocenters. The van der Waals surface area contributed by atoms with E-state index in [1.807, 2.05) is 6.92 Å². The molecule has 3 nitrogen and oxygen atoms in total. The molecular weight excluding hydrogens is 249 g/mol. The highest BCUT2D eigenvalue weighted by Gasteiger charge is 2.06. The van der Waals surface area contributed by atoms with Crippen molar-refractivity contribution in [1.82, 2.24) is 0 Å². The number of nitrogens with zero attached hydrogens (tertiary/aromatic N) is 1. The Bertz CT molecular complexity index is 400. The molecule has 0 heterocycles. The van der Waals surface area contributed by atoms with E-state index in [0.717, 1.165) is 5.75 Å². The Morgan fingerprint density at radius 3 is 3.06 bits per heavy atom. The van der Waals surface area contributed by atoms with Gasteiger partial charge in [0.15, 0.2) is 0 Å². The first-order valence-corrected chi connectivity index (χ1v) is 6.00. The summed E-state index contributed by atoms with van der Waals surface area (Å²) in [6.45, 7) is 1.96. The van der Waals surface area contributed by atoms with Gasteiger partial charge in [0.05, 0.1) is 10.6 Å². The summed E-state index contributed by atoms with van der Waals surface area (Å²) in [5.74, 6) is 0.425. The van der Waals surface area contributed by atoms with Crippen molar-refractivity contribution in [2.45, 2.75) is 6.92 Å². The zero-order valence-corrected chi connectivity index (χ0v) is 10.3. The van der Waals surface area contributed by atoms with E-state index in [2.05, 4.69) is 10.2 Å². The van der Waals surface area contributed by atoms with E-state index in [1.54, 1.807) is 12.1 Å². The molecule has 0 aliphatic heterocycles. The topological polar surface area (TPSA) is 52.3 Å². The van der Waals surface area contributed by atoms with Crippen LogP contribution in [0, 0.1) is 5.82 Å². The molecule has 0 aliphatic rings. The van der Waals surface area contributed by atoms with Crippen LogP contribution in [0.1, 0.15) is 12.5 Å². The van der Waals surface area contributed by atoms with Crippen molar-refractivity contribution < 1.29 is 9.49 Å². The second kappa shape index (κ2) is 6.50. The number of nitrogens with one attached hydrogen (secondary N) is 1. The molecule has 0 aromatic heterocycles. The lowest BCUT2D eigenvalue weighted by atomic mass is 10.2. The molecule has 1 aromatic carbocycles. The second-order valence-corrected chi connectivity index (χ2v) is 4.48. The molecule has 0 saturated carbocycles. The number of hydrogen-bond acceptors (Lipinski definition) is 2. The number of thioether (sulfide) groups is 1. The molecule has 86 valence electrons. The van der Waals surface area contributed by atoms with Gasteiger partial charge in [-0.25, -0.2) is 4.39 Å². The molecule has 3 N–H and O–H groups in total. The summed E-state index contributed by atoms with van der Waals surface area (Å²) in [6.07, 6.45) is 1.38. The number of hydrogen-bond donors (Lipinski definition) is 2. The summed E-state index contributed by atoms with van der Waals surface area (Å²) in [6, 6.07) is 4.47. The van der Waals surface area contributed by atoms with E-state index in [1.165, 1.54) is 24.0 Å². The van der Waals surface area contributed by atoms with Crippen molar-refractivity contribution in [2.24, 2.45) is 10.8 Å². The van der Waals surface area contributed by atoms with Crippen molar-refractivity contribution in [3.63, 3.8) is 0 Å². The lowest BCUT2D eigenvalue weighted by Crippen LogP contribution is -2.62. The molecule has 0 saturated heterocycles. The molecule has 0 aliphatic carbocycles. The predicted octanol–water partition coefficient (Wildman–Crippen LogP) is 0.961. The van der Waals surface area contributed by atoms with Crippen molar-refractivity contribution in [2.75, 3.05) is 5.75 Å². The van der Waals surface area contributed by atoms with Crippen LogP contribution in [-0.2, 0) is 0 Å². The fourth-order valence-electron chi connectivity index (χ4n) is 0.989. The molecule has 0 unspecified atom stereocenters. The first kappa shape index (κ1) is 13.0. The van der Waals surface area contributed by atoms with Gasteiger partial charge in [-0.3, -0.25) is 0 Å². The van der Waals surface area contributed by atoms with E-state index < -0.39 is 5.82 Å². The highest BCUT2D eigenvalue weighted by atomic mass is 35.5. The molecule has 0 amide bonds. The number of rotatable bonds is 3. The molecule has 16 heavy (non-hydrogen) atoms. The Labute approximate surface area is 103 Å². The smallest absolute Gasteiger partial charge is 0.225 e. The van der Waals surface area contributed by atoms with Crippen LogP contribution in [0.4, 0.5) is 4.39 Å². The Kier molecular flexibility index (Phi) is 5.28. The number of halogens is 2. The molecule has 0 radical (unpaired) electrons. The molecule has 0 fully saturated rings. The normalized spacial score (nSPS) is 12.3. The van der Waals surface area contributed by atoms with Crippen molar-refractivity contribution >= 4 is 34.7 Å². The third-order valence-corrected chi connectivity index (χ3v) is 2.68. The predicted molar refractivity (Wildman–Crippen MR) is 67.3 cm³/mol. The van der Waals surface area contributed by atoms with E-state index in [0.29, 0.717) is 10.2 Å². The first-order chi connectivity index (χ1) is 7.65. The highest BCUT2D eigenvalue weighted by molar-refractivity contribution is 8.13. The quantitative estimate of drug-likeness (QED) is 0.483. The Hall–Kier alpha value is -1.07. The summed E-state index contributed by atoms with van der Waals surface area (Å²) < 4.78 is 13.3. The standard InChI is InChI=1S/C10H11ClFN3S/c1-2-16-10(13)15-14-6-7-8(11)4-3-5-9(7)12/h3-6H,2H2,1H3,(H2,13,15)/p+1. The summed E-state index contributed by atoms with van der Waals surface area (Å²) >= 11 is 7.20. The maximum atomic E-state index is 13.3. The van der Waals surface area contributed by atoms with Crippen molar-refractivity contribution in [3.05, 3.63) is 34.6 Å². The van der Waals surface area contributed by atoms with Crippen LogP contribution < -0.4 is 10.8 Å². The van der Waals surface area contributed by atoms with E-state index in [-0.39, 0.29) is 5.56 Å². The van der Waals surface area contributed by atoms with Gasteiger partial charge in [-0.2, -0.15) is 0 Å². The highest BCUT2D eigenvalue weighted by Crippen LogP contribution is 2.15. The van der Waals surface area contributed by atoms with Crippen LogP contribution in [0.5, 0.6) is 0 Å². The van der Waals surface area contributed by atoms with Crippen LogP contribution in [0.25, 0.3) is 0 Å². The number of amidine groups is 1. The summed E-state index contributed by atoms with van der Waals surface area (Å²) in [5.41, 5.74) is 5.79. The fraction of sp³-hybridized carbons (Fsp3) is 0.200. The Morgan fingerprint density at radius 1 is 1.69 bits per heavy atom. The second-order valence-electron chi connectivity index (χ2n) is 2.79. The minimum atomic E-state index is -0.406. The Morgan fingerprint density at radius 2 is 2.44 bits per heavy atom. The van der Waals surface area contributed by atoms with Gasteiger partial charge in [0, 0.05) is 5.10 Å². The molecule has 0 spiro atoms. The molecule has 6 heteroatoms. The van der Waals surface area contributed by atoms with Crippen LogP contribution in [0.3, 0.4) is 0 Å². The fourth-order valence-corrected chi connectivity index (χ4v) is 1.62. The molecule has 0 bridgehead atoms. The maximum Gasteiger partial charge on any atom is 0.225 e. The zero-order valence-electron chi connectivity index (χ0n) is 8.71. The average molecular weight is 261 g/mol. The van der Waals surface area contributed by atoms with Gasteiger partial charge < -0.3 is 5.73 Å². The molecule has 1 rings (SSSR count). The third-order valence-electron chi connectivity index (χ3n) is 1.68. The third kappa shape index (κ3) is 3.83. The SMILES string of the molecule is CCSC(N)=N[NH+]=Cc1c(F)cccc1Cl. The van der Waals surface area contributed by atoms with Gasteiger partial charge in [-0.15, -0.1) is 5.10 Å². The van der Waals surface area contributed by atoms with Gasteiger partial charge in [0.25, 0.3) is 0 Å². The van der Waals surface area contributed by atoms with Crippen molar-refractivity contribution in [1.29, 1.82) is 0 Å². The minimum absolute atomic E-state index is 0.266. The van der Waals surface area contributed by atoms with E-state index in [4.69, 9.17) is 17.3 Å². The van der Waals surface area contributed by atoms with Gasteiger partial charge in [0.1, 0.15) is 5.82 Å².